The quantitative estimate of drug-likeness (QED) is 0.741. The van der Waals surface area contributed by atoms with E-state index in [1.54, 1.807) is 31.3 Å². The van der Waals surface area contributed by atoms with Crippen LogP contribution in [-0.2, 0) is 4.74 Å². The standard InChI is InChI=1S/C12H11NO3/c1-2-15-12(14)9-6-8-16-11(9)10-5-3-4-7-13-10/h3-8H,2H2,1H3. The molecule has 0 saturated carbocycles. The Balaban J connectivity index is 2.37. The van der Waals surface area contributed by atoms with Gasteiger partial charge in [0.2, 0.25) is 0 Å². The minimum atomic E-state index is -0.392. The summed E-state index contributed by atoms with van der Waals surface area (Å²) >= 11 is 0. The first-order valence-corrected chi connectivity index (χ1v) is 4.99. The maximum atomic E-state index is 11.6. The predicted molar refractivity (Wildman–Crippen MR) is 57.9 cm³/mol. The van der Waals surface area contributed by atoms with E-state index in [1.807, 2.05) is 6.07 Å². The topological polar surface area (TPSA) is 52.3 Å². The van der Waals surface area contributed by atoms with Crippen LogP contribution in [-0.4, -0.2) is 17.6 Å². The molecule has 0 aliphatic rings. The van der Waals surface area contributed by atoms with Crippen molar-refractivity contribution in [3.05, 3.63) is 42.3 Å². The van der Waals surface area contributed by atoms with Gasteiger partial charge in [-0.1, -0.05) is 6.07 Å². The molecule has 0 spiro atoms. The molecule has 0 radical (unpaired) electrons. The van der Waals surface area contributed by atoms with E-state index in [2.05, 4.69) is 4.98 Å². The van der Waals surface area contributed by atoms with Crippen molar-refractivity contribution >= 4 is 5.97 Å². The van der Waals surface area contributed by atoms with E-state index in [0.717, 1.165) is 0 Å². The van der Waals surface area contributed by atoms with Crippen molar-refractivity contribution in [1.82, 2.24) is 4.98 Å². The summed E-state index contributed by atoms with van der Waals surface area (Å²) in [6.45, 7) is 2.10. The van der Waals surface area contributed by atoms with Crippen molar-refractivity contribution in [2.24, 2.45) is 0 Å². The molecule has 0 aliphatic heterocycles. The first-order chi connectivity index (χ1) is 7.83. The van der Waals surface area contributed by atoms with E-state index in [4.69, 9.17) is 9.15 Å². The SMILES string of the molecule is CCOC(=O)c1ccoc1-c1ccccn1. The molecule has 16 heavy (non-hydrogen) atoms. The minimum Gasteiger partial charge on any atom is -0.462 e. The monoisotopic (exact) mass is 217 g/mol. The lowest BCUT2D eigenvalue weighted by Crippen LogP contribution is -2.04. The molecule has 2 heterocycles. The summed E-state index contributed by atoms with van der Waals surface area (Å²) in [5.41, 5.74) is 1.02. The van der Waals surface area contributed by atoms with Crippen molar-refractivity contribution in [3.8, 4) is 11.5 Å². The van der Waals surface area contributed by atoms with Crippen LogP contribution >= 0.6 is 0 Å². The third-order valence-electron chi connectivity index (χ3n) is 2.06. The van der Waals surface area contributed by atoms with Gasteiger partial charge in [-0.3, -0.25) is 4.98 Å². The van der Waals surface area contributed by atoms with Crippen LogP contribution in [0, 0.1) is 0 Å². The molecule has 4 heteroatoms. The summed E-state index contributed by atoms with van der Waals surface area (Å²) in [5, 5.41) is 0. The van der Waals surface area contributed by atoms with Gasteiger partial charge in [-0.2, -0.15) is 0 Å². The number of hydrogen-bond acceptors (Lipinski definition) is 4. The zero-order chi connectivity index (χ0) is 11.4. The van der Waals surface area contributed by atoms with Crippen LogP contribution in [0.2, 0.25) is 0 Å². The van der Waals surface area contributed by atoms with E-state index in [-0.39, 0.29) is 0 Å². The highest BCUT2D eigenvalue weighted by Gasteiger charge is 2.17. The number of ether oxygens (including phenoxy) is 1. The first-order valence-electron chi connectivity index (χ1n) is 4.99. The zero-order valence-electron chi connectivity index (χ0n) is 8.84. The van der Waals surface area contributed by atoms with Gasteiger partial charge >= 0.3 is 5.97 Å². The van der Waals surface area contributed by atoms with Crippen molar-refractivity contribution in [3.63, 3.8) is 0 Å². The van der Waals surface area contributed by atoms with Gasteiger partial charge in [0.1, 0.15) is 11.3 Å². The van der Waals surface area contributed by atoms with E-state index >= 15 is 0 Å². The lowest BCUT2D eigenvalue weighted by molar-refractivity contribution is 0.0526. The van der Waals surface area contributed by atoms with Crippen LogP contribution in [0.5, 0.6) is 0 Å². The number of rotatable bonds is 3. The molecule has 0 N–H and O–H groups in total. The number of carbonyl (C=O) groups is 1. The Morgan fingerprint density at radius 3 is 3.00 bits per heavy atom. The summed E-state index contributed by atoms with van der Waals surface area (Å²) in [6.07, 6.45) is 3.10. The third kappa shape index (κ3) is 1.95. The fourth-order valence-electron chi connectivity index (χ4n) is 1.37. The zero-order valence-corrected chi connectivity index (χ0v) is 8.84. The number of nitrogens with zero attached hydrogens (tertiary/aromatic N) is 1. The molecule has 2 rings (SSSR count). The predicted octanol–water partition coefficient (Wildman–Crippen LogP) is 2.52. The second kappa shape index (κ2) is 4.61. The summed E-state index contributed by atoms with van der Waals surface area (Å²) in [4.78, 5) is 15.7. The Kier molecular flexibility index (Phi) is 3.00. The Labute approximate surface area is 92.9 Å². The second-order valence-electron chi connectivity index (χ2n) is 3.10. The molecule has 0 amide bonds. The Bertz CT molecular complexity index is 476. The summed E-state index contributed by atoms with van der Waals surface area (Å²) < 4.78 is 10.2. The fraction of sp³-hybridized carbons (Fsp3) is 0.167. The fourth-order valence-corrected chi connectivity index (χ4v) is 1.37. The molecule has 4 nitrogen and oxygen atoms in total. The van der Waals surface area contributed by atoms with Gasteiger partial charge in [0.05, 0.1) is 12.9 Å². The van der Waals surface area contributed by atoms with E-state index < -0.39 is 5.97 Å². The van der Waals surface area contributed by atoms with Gasteiger partial charge < -0.3 is 9.15 Å². The Morgan fingerprint density at radius 1 is 1.44 bits per heavy atom. The molecule has 0 saturated heterocycles. The molecular weight excluding hydrogens is 206 g/mol. The van der Waals surface area contributed by atoms with Crippen molar-refractivity contribution in [2.45, 2.75) is 6.92 Å². The molecule has 0 fully saturated rings. The van der Waals surface area contributed by atoms with Crippen LogP contribution in [0.3, 0.4) is 0 Å². The highest BCUT2D eigenvalue weighted by atomic mass is 16.5. The van der Waals surface area contributed by atoms with Gasteiger partial charge in [0, 0.05) is 6.20 Å². The highest BCUT2D eigenvalue weighted by molar-refractivity contribution is 5.95. The largest absolute Gasteiger partial charge is 0.462 e. The van der Waals surface area contributed by atoms with Crippen molar-refractivity contribution in [1.29, 1.82) is 0 Å². The lowest BCUT2D eigenvalue weighted by Gasteiger charge is -2.01. The molecule has 82 valence electrons. The van der Waals surface area contributed by atoms with E-state index in [1.165, 1.54) is 6.26 Å². The first kappa shape index (κ1) is 10.4. The van der Waals surface area contributed by atoms with Gasteiger partial charge in [0.25, 0.3) is 0 Å². The molecule has 0 bridgehead atoms. The average molecular weight is 217 g/mol. The van der Waals surface area contributed by atoms with Crippen molar-refractivity contribution in [2.75, 3.05) is 6.61 Å². The number of esters is 1. The molecular formula is C12H11NO3. The van der Waals surface area contributed by atoms with Crippen LogP contribution in [0.25, 0.3) is 11.5 Å². The molecule has 2 aromatic heterocycles. The number of aromatic nitrogens is 1. The van der Waals surface area contributed by atoms with Crippen LogP contribution in [0.4, 0.5) is 0 Å². The molecule has 0 unspecified atom stereocenters. The Hall–Kier alpha value is -2.10. The van der Waals surface area contributed by atoms with Crippen LogP contribution in [0.15, 0.2) is 41.1 Å². The molecule has 2 aromatic rings. The molecule has 0 atom stereocenters. The van der Waals surface area contributed by atoms with Gasteiger partial charge in [-0.25, -0.2) is 4.79 Å². The number of furan rings is 1. The lowest BCUT2D eigenvalue weighted by atomic mass is 10.2. The van der Waals surface area contributed by atoms with E-state index in [0.29, 0.717) is 23.6 Å². The van der Waals surface area contributed by atoms with Crippen molar-refractivity contribution < 1.29 is 13.9 Å². The Morgan fingerprint density at radius 2 is 2.31 bits per heavy atom. The van der Waals surface area contributed by atoms with E-state index in [9.17, 15) is 4.79 Å². The minimum absolute atomic E-state index is 0.339. The smallest absolute Gasteiger partial charge is 0.342 e. The normalized spacial score (nSPS) is 10.1. The van der Waals surface area contributed by atoms with Gasteiger partial charge in [-0.15, -0.1) is 0 Å². The third-order valence-corrected chi connectivity index (χ3v) is 2.06. The summed E-state index contributed by atoms with van der Waals surface area (Å²) in [7, 11) is 0. The number of hydrogen-bond donors (Lipinski definition) is 0. The maximum absolute atomic E-state index is 11.6. The molecule has 0 aromatic carbocycles. The van der Waals surface area contributed by atoms with Gasteiger partial charge in [0.15, 0.2) is 5.76 Å². The average Bonchev–Trinajstić information content (AvgIpc) is 2.79. The summed E-state index contributed by atoms with van der Waals surface area (Å²) in [5.74, 6) is 0.0518. The van der Waals surface area contributed by atoms with Gasteiger partial charge in [-0.05, 0) is 25.1 Å². The maximum Gasteiger partial charge on any atom is 0.342 e. The van der Waals surface area contributed by atoms with Crippen LogP contribution < -0.4 is 0 Å². The van der Waals surface area contributed by atoms with Crippen LogP contribution in [0.1, 0.15) is 17.3 Å². The highest BCUT2D eigenvalue weighted by Crippen LogP contribution is 2.23. The number of pyridine rings is 1. The summed E-state index contributed by atoms with van der Waals surface area (Å²) in [6, 6.07) is 7.00. The second-order valence-corrected chi connectivity index (χ2v) is 3.10. The number of carbonyl (C=O) groups excluding carboxylic acids is 1. The molecule has 0 aliphatic carbocycles.